The number of halogens is 1. The van der Waals surface area contributed by atoms with E-state index in [-0.39, 0.29) is 5.54 Å². The number of hydrogen-bond acceptors (Lipinski definition) is 2. The van der Waals surface area contributed by atoms with Crippen molar-refractivity contribution < 1.29 is 0 Å². The lowest BCUT2D eigenvalue weighted by Gasteiger charge is -2.43. The maximum Gasteiger partial charge on any atom is 0.201 e. The first-order chi connectivity index (χ1) is 8.16. The molecule has 2 N–H and O–H groups in total. The molecule has 0 bridgehead atoms. The lowest BCUT2D eigenvalue weighted by Crippen LogP contribution is -2.40. The first kappa shape index (κ1) is 11.3. The molecule has 0 spiro atoms. The zero-order valence-corrected chi connectivity index (χ0v) is 12.1. The van der Waals surface area contributed by atoms with Gasteiger partial charge in [-0.1, -0.05) is 6.92 Å². The summed E-state index contributed by atoms with van der Waals surface area (Å²) in [6.45, 7) is 2.25. The van der Waals surface area contributed by atoms with Crippen LogP contribution in [0.3, 0.4) is 0 Å². The number of fused-ring (bicyclic) bond motifs is 1. The minimum atomic E-state index is 0.228. The van der Waals surface area contributed by atoms with Gasteiger partial charge in [-0.2, -0.15) is 0 Å². The lowest BCUT2D eigenvalue weighted by molar-refractivity contribution is 0.144. The second-order valence-corrected chi connectivity index (χ2v) is 6.12. The van der Waals surface area contributed by atoms with Crippen LogP contribution < -0.4 is 5.73 Å². The minimum absolute atomic E-state index is 0.228. The quantitative estimate of drug-likeness (QED) is 0.850. The van der Waals surface area contributed by atoms with Crippen molar-refractivity contribution in [2.75, 3.05) is 5.73 Å². The Hall–Kier alpha value is -0.780. The van der Waals surface area contributed by atoms with Crippen molar-refractivity contribution in [3.8, 4) is 0 Å². The van der Waals surface area contributed by atoms with E-state index >= 15 is 0 Å². The molecule has 0 aliphatic heterocycles. The molecule has 1 aromatic heterocycles. The van der Waals surface area contributed by atoms with Gasteiger partial charge in [0, 0.05) is 9.11 Å². The zero-order valence-electron chi connectivity index (χ0n) is 9.91. The number of anilines is 1. The van der Waals surface area contributed by atoms with Gasteiger partial charge >= 0.3 is 0 Å². The molecule has 3 nitrogen and oxygen atoms in total. The van der Waals surface area contributed by atoms with Gasteiger partial charge in [-0.15, -0.1) is 0 Å². The Morgan fingerprint density at radius 1 is 1.47 bits per heavy atom. The fourth-order valence-electron chi connectivity index (χ4n) is 2.89. The van der Waals surface area contributed by atoms with Crippen molar-refractivity contribution in [1.82, 2.24) is 9.55 Å². The van der Waals surface area contributed by atoms with Crippen LogP contribution in [-0.4, -0.2) is 9.55 Å². The van der Waals surface area contributed by atoms with Gasteiger partial charge in [-0.25, -0.2) is 4.98 Å². The summed E-state index contributed by atoms with van der Waals surface area (Å²) in [7, 11) is 0. The van der Waals surface area contributed by atoms with Crippen LogP contribution in [0.4, 0.5) is 5.95 Å². The van der Waals surface area contributed by atoms with Gasteiger partial charge < -0.3 is 10.3 Å². The molecular weight excluding hydrogens is 325 g/mol. The Morgan fingerprint density at radius 2 is 2.24 bits per heavy atom. The van der Waals surface area contributed by atoms with Gasteiger partial charge in [-0.3, -0.25) is 0 Å². The average molecular weight is 341 g/mol. The average Bonchev–Trinajstić information content (AvgIpc) is 2.55. The summed E-state index contributed by atoms with van der Waals surface area (Å²) < 4.78 is 3.47. The highest BCUT2D eigenvalue weighted by Gasteiger charge is 2.39. The molecule has 0 unspecified atom stereocenters. The summed E-state index contributed by atoms with van der Waals surface area (Å²) in [5.41, 5.74) is 8.56. The molecule has 1 aliphatic carbocycles. The van der Waals surface area contributed by atoms with Crippen molar-refractivity contribution >= 4 is 39.6 Å². The number of nitrogen functional groups attached to an aromatic ring is 1. The van der Waals surface area contributed by atoms with Crippen LogP contribution in [0.15, 0.2) is 18.2 Å². The summed E-state index contributed by atoms with van der Waals surface area (Å²) in [5, 5.41) is 0. The van der Waals surface area contributed by atoms with E-state index in [0.29, 0.717) is 5.95 Å². The number of nitrogens with zero attached hydrogens (tertiary/aromatic N) is 2. The van der Waals surface area contributed by atoms with Gasteiger partial charge in [0.2, 0.25) is 5.95 Å². The van der Waals surface area contributed by atoms with Crippen molar-refractivity contribution in [2.24, 2.45) is 0 Å². The molecule has 90 valence electrons. The van der Waals surface area contributed by atoms with Gasteiger partial charge in [-0.05, 0) is 66.5 Å². The number of imidazole rings is 1. The van der Waals surface area contributed by atoms with Crippen LogP contribution in [0.1, 0.15) is 32.6 Å². The molecule has 0 saturated heterocycles. The van der Waals surface area contributed by atoms with E-state index in [9.17, 15) is 0 Å². The maximum absolute atomic E-state index is 6.12. The Labute approximate surface area is 115 Å². The van der Waals surface area contributed by atoms with Crippen LogP contribution in [0.5, 0.6) is 0 Å². The van der Waals surface area contributed by atoms with Gasteiger partial charge in [0.1, 0.15) is 0 Å². The van der Waals surface area contributed by atoms with E-state index in [2.05, 4.69) is 57.3 Å². The SMILES string of the molecule is CCC1(n2c(N)nc3cc(I)ccc32)CCC1. The van der Waals surface area contributed by atoms with E-state index < -0.39 is 0 Å². The maximum atomic E-state index is 6.12. The van der Waals surface area contributed by atoms with Crippen LogP contribution in [-0.2, 0) is 5.54 Å². The molecule has 4 heteroatoms. The molecule has 0 radical (unpaired) electrons. The number of benzene rings is 1. The first-order valence-corrected chi connectivity index (χ1v) is 7.18. The first-order valence-electron chi connectivity index (χ1n) is 6.10. The third kappa shape index (κ3) is 1.57. The Balaban J connectivity index is 2.25. The van der Waals surface area contributed by atoms with Gasteiger partial charge in [0.15, 0.2) is 0 Å². The van der Waals surface area contributed by atoms with Crippen LogP contribution in [0.25, 0.3) is 11.0 Å². The normalized spacial score (nSPS) is 18.2. The van der Waals surface area contributed by atoms with E-state index in [1.54, 1.807) is 0 Å². The standard InChI is InChI=1S/C13H16IN3/c1-2-13(6-3-7-13)17-11-5-4-9(14)8-10(11)16-12(17)15/h4-5,8H,2-3,6-7H2,1H3,(H2,15,16). The predicted molar refractivity (Wildman–Crippen MR) is 79.0 cm³/mol. The summed E-state index contributed by atoms with van der Waals surface area (Å²) in [4.78, 5) is 4.51. The monoisotopic (exact) mass is 341 g/mol. The number of aromatic nitrogens is 2. The van der Waals surface area contributed by atoms with Crippen molar-refractivity contribution in [3.63, 3.8) is 0 Å². The molecular formula is C13H16IN3. The van der Waals surface area contributed by atoms with Crippen LogP contribution in [0, 0.1) is 3.57 Å². The zero-order chi connectivity index (χ0) is 12.0. The summed E-state index contributed by atoms with van der Waals surface area (Å²) in [6, 6.07) is 6.38. The smallest absolute Gasteiger partial charge is 0.201 e. The predicted octanol–water partition coefficient (Wildman–Crippen LogP) is 3.51. The molecule has 3 rings (SSSR count). The molecule has 1 aromatic carbocycles. The van der Waals surface area contributed by atoms with E-state index in [4.69, 9.17) is 5.73 Å². The Kier molecular flexibility index (Phi) is 2.57. The van der Waals surface area contributed by atoms with Crippen molar-refractivity contribution in [2.45, 2.75) is 38.1 Å². The topological polar surface area (TPSA) is 43.8 Å². The molecule has 2 aromatic rings. The molecule has 1 heterocycles. The van der Waals surface area contributed by atoms with E-state index in [0.717, 1.165) is 11.9 Å². The van der Waals surface area contributed by atoms with Crippen LogP contribution >= 0.6 is 22.6 Å². The number of rotatable bonds is 2. The molecule has 1 saturated carbocycles. The summed E-state index contributed by atoms with van der Waals surface area (Å²) in [5.74, 6) is 0.670. The molecule has 1 aliphatic rings. The highest BCUT2D eigenvalue weighted by atomic mass is 127. The highest BCUT2D eigenvalue weighted by Crippen LogP contribution is 2.45. The number of hydrogen-bond donors (Lipinski definition) is 1. The molecule has 17 heavy (non-hydrogen) atoms. The molecule has 1 fully saturated rings. The highest BCUT2D eigenvalue weighted by molar-refractivity contribution is 14.1. The van der Waals surface area contributed by atoms with Crippen molar-refractivity contribution in [3.05, 3.63) is 21.8 Å². The lowest BCUT2D eigenvalue weighted by atomic mass is 9.74. The second-order valence-electron chi connectivity index (χ2n) is 4.87. The summed E-state index contributed by atoms with van der Waals surface area (Å²) in [6.07, 6.45) is 4.89. The number of nitrogens with two attached hydrogens (primary N) is 1. The minimum Gasteiger partial charge on any atom is -0.369 e. The Bertz CT molecular complexity index is 564. The molecule has 0 amide bonds. The largest absolute Gasteiger partial charge is 0.369 e. The summed E-state index contributed by atoms with van der Waals surface area (Å²) >= 11 is 2.31. The molecule has 0 atom stereocenters. The second kappa shape index (κ2) is 3.86. The fourth-order valence-corrected chi connectivity index (χ4v) is 3.37. The van der Waals surface area contributed by atoms with E-state index in [1.807, 2.05) is 0 Å². The fraction of sp³-hybridized carbons (Fsp3) is 0.462. The van der Waals surface area contributed by atoms with Crippen LogP contribution in [0.2, 0.25) is 0 Å². The van der Waals surface area contributed by atoms with Crippen molar-refractivity contribution in [1.29, 1.82) is 0 Å². The van der Waals surface area contributed by atoms with Gasteiger partial charge in [0.05, 0.1) is 11.0 Å². The Morgan fingerprint density at radius 3 is 2.82 bits per heavy atom. The van der Waals surface area contributed by atoms with Gasteiger partial charge in [0.25, 0.3) is 0 Å². The third-order valence-corrected chi connectivity index (χ3v) is 4.73. The van der Waals surface area contributed by atoms with E-state index in [1.165, 1.54) is 28.3 Å². The third-order valence-electron chi connectivity index (χ3n) is 4.06.